The highest BCUT2D eigenvalue weighted by Gasteiger charge is 2.54. The number of thioether (sulfide) groups is 1. The summed E-state index contributed by atoms with van der Waals surface area (Å²) in [4.78, 5) is 49.3. The number of nitrogens with one attached hydrogen (secondary N) is 1. The lowest BCUT2D eigenvalue weighted by Gasteiger charge is -2.49. The van der Waals surface area contributed by atoms with Gasteiger partial charge in [-0.2, -0.15) is 0 Å². The first kappa shape index (κ1) is 21.2. The first-order valence-electron chi connectivity index (χ1n) is 9.63. The van der Waals surface area contributed by atoms with E-state index in [-0.39, 0.29) is 18.1 Å². The molecule has 3 heterocycles. The molecular weight excluding hydrogens is 426 g/mol. The van der Waals surface area contributed by atoms with Gasteiger partial charge < -0.3 is 25.6 Å². The van der Waals surface area contributed by atoms with Crippen molar-refractivity contribution in [2.75, 3.05) is 19.0 Å². The number of carbonyl (C=O) groups is 4. The largest absolute Gasteiger partial charge is 0.493 e. The first-order chi connectivity index (χ1) is 14.8. The molecule has 10 nitrogen and oxygen atoms in total. The van der Waals surface area contributed by atoms with Gasteiger partial charge >= 0.3 is 11.9 Å². The Balaban J connectivity index is 1.45. The summed E-state index contributed by atoms with van der Waals surface area (Å²) in [5.41, 5.74) is 7.82. The molecule has 164 valence electrons. The molecule has 2 amide bonds. The molecule has 31 heavy (non-hydrogen) atoms. The van der Waals surface area contributed by atoms with Gasteiger partial charge in [0.2, 0.25) is 5.91 Å². The highest BCUT2D eigenvalue weighted by molar-refractivity contribution is 8.00. The zero-order chi connectivity index (χ0) is 22.3. The van der Waals surface area contributed by atoms with Crippen LogP contribution in [0, 0.1) is 0 Å². The summed E-state index contributed by atoms with van der Waals surface area (Å²) in [6.07, 6.45) is 0.742. The van der Waals surface area contributed by atoms with Gasteiger partial charge in [0, 0.05) is 24.7 Å². The summed E-state index contributed by atoms with van der Waals surface area (Å²) in [5.74, 6) is -1.87. The van der Waals surface area contributed by atoms with Crippen molar-refractivity contribution in [3.8, 4) is 5.75 Å². The maximum Gasteiger partial charge on any atom is 0.352 e. The van der Waals surface area contributed by atoms with E-state index >= 15 is 0 Å². The van der Waals surface area contributed by atoms with Gasteiger partial charge in [-0.05, 0) is 23.3 Å². The smallest absolute Gasteiger partial charge is 0.352 e. The number of hydrogen-bond acceptors (Lipinski definition) is 8. The Morgan fingerprint density at radius 3 is 2.90 bits per heavy atom. The van der Waals surface area contributed by atoms with Gasteiger partial charge in [0.15, 0.2) is 0 Å². The number of carbonyl (C=O) groups excluding carboxylic acids is 3. The van der Waals surface area contributed by atoms with Crippen LogP contribution in [0.2, 0.25) is 0 Å². The number of fused-ring (bicyclic) bond motifs is 2. The monoisotopic (exact) mass is 447 g/mol. The van der Waals surface area contributed by atoms with E-state index in [1.807, 2.05) is 6.07 Å². The molecule has 2 unspecified atom stereocenters. The van der Waals surface area contributed by atoms with Gasteiger partial charge in [0.25, 0.3) is 5.91 Å². The van der Waals surface area contributed by atoms with Gasteiger partial charge in [-0.3, -0.25) is 19.3 Å². The van der Waals surface area contributed by atoms with Crippen LogP contribution in [0.4, 0.5) is 0 Å². The average molecular weight is 447 g/mol. The number of nitrogens with zero attached hydrogens (tertiary/aromatic N) is 1. The lowest BCUT2D eigenvalue weighted by atomic mass is 10.00. The van der Waals surface area contributed by atoms with Crippen LogP contribution in [-0.4, -0.2) is 64.1 Å². The number of carboxylic acids is 1. The van der Waals surface area contributed by atoms with Gasteiger partial charge in [0.1, 0.15) is 35.5 Å². The molecule has 3 aliphatic rings. The second-order valence-electron chi connectivity index (χ2n) is 7.38. The van der Waals surface area contributed by atoms with Crippen molar-refractivity contribution in [2.45, 2.75) is 30.8 Å². The molecule has 4 N–H and O–H groups in total. The van der Waals surface area contributed by atoms with Crippen molar-refractivity contribution in [1.82, 2.24) is 10.2 Å². The van der Waals surface area contributed by atoms with E-state index in [0.717, 1.165) is 22.6 Å². The molecule has 1 aromatic carbocycles. The normalized spacial score (nSPS) is 22.6. The molecule has 11 heteroatoms. The van der Waals surface area contributed by atoms with Crippen molar-refractivity contribution in [3.05, 3.63) is 40.6 Å². The van der Waals surface area contributed by atoms with Crippen LogP contribution in [0.5, 0.6) is 5.75 Å². The number of aliphatic carboxylic acids is 1. The summed E-state index contributed by atoms with van der Waals surface area (Å²) < 4.78 is 10.4. The number of nitrogens with two attached hydrogens (primary N) is 1. The standard InChI is InChI=1S/C20H21N3O7S/c1-9(24)30-7-12-8-31-19-15(18(26)23(19)16(12)20(27)28)22-17(25)14(21)11-2-3-13-10(6-11)4-5-29-13/h2-3,6,14-15,19H,4-5,7-8,21H2,1H3,(H,22,25)(H,27,28)/t14-,15?,19?/m1/s1. The van der Waals surface area contributed by atoms with E-state index < -0.39 is 41.2 Å². The number of ether oxygens (including phenoxy) is 2. The van der Waals surface area contributed by atoms with Crippen LogP contribution in [0.15, 0.2) is 29.5 Å². The Hall–Kier alpha value is -3.05. The molecule has 0 bridgehead atoms. The van der Waals surface area contributed by atoms with Crippen LogP contribution in [0.1, 0.15) is 24.1 Å². The zero-order valence-corrected chi connectivity index (χ0v) is 17.4. The van der Waals surface area contributed by atoms with Crippen molar-refractivity contribution in [1.29, 1.82) is 0 Å². The Morgan fingerprint density at radius 1 is 1.42 bits per heavy atom. The maximum atomic E-state index is 12.7. The molecule has 1 aromatic rings. The summed E-state index contributed by atoms with van der Waals surface area (Å²) in [5, 5.41) is 11.7. The summed E-state index contributed by atoms with van der Waals surface area (Å²) >= 11 is 1.29. The van der Waals surface area contributed by atoms with Crippen LogP contribution in [0.3, 0.4) is 0 Å². The molecule has 4 rings (SSSR count). The summed E-state index contributed by atoms with van der Waals surface area (Å²) in [7, 11) is 0. The van der Waals surface area contributed by atoms with E-state index in [4.69, 9.17) is 15.2 Å². The zero-order valence-electron chi connectivity index (χ0n) is 16.6. The lowest BCUT2D eigenvalue weighted by molar-refractivity contribution is -0.151. The number of benzene rings is 1. The third kappa shape index (κ3) is 3.86. The fourth-order valence-corrected chi connectivity index (χ4v) is 5.10. The minimum absolute atomic E-state index is 0.204. The van der Waals surface area contributed by atoms with Crippen LogP contribution in [-0.2, 0) is 30.3 Å². The number of hydrogen-bond donors (Lipinski definition) is 3. The molecular formula is C20H21N3O7S. The van der Waals surface area contributed by atoms with Crippen molar-refractivity contribution >= 4 is 35.5 Å². The number of rotatable bonds is 6. The van der Waals surface area contributed by atoms with Gasteiger partial charge in [-0.1, -0.05) is 6.07 Å². The van der Waals surface area contributed by atoms with Crippen molar-refractivity contribution < 1.29 is 33.8 Å². The second-order valence-corrected chi connectivity index (χ2v) is 8.48. The summed E-state index contributed by atoms with van der Waals surface area (Å²) in [6.45, 7) is 1.60. The highest BCUT2D eigenvalue weighted by Crippen LogP contribution is 2.40. The van der Waals surface area contributed by atoms with E-state index in [9.17, 15) is 24.3 Å². The predicted octanol–water partition coefficient (Wildman–Crippen LogP) is -0.0770. The Kier molecular flexibility index (Phi) is 5.63. The van der Waals surface area contributed by atoms with Crippen LogP contribution in [0.25, 0.3) is 0 Å². The fraction of sp³-hybridized carbons (Fsp3) is 0.400. The highest BCUT2D eigenvalue weighted by atomic mass is 32.2. The van der Waals surface area contributed by atoms with Gasteiger partial charge in [0.05, 0.1) is 6.61 Å². The molecule has 3 aliphatic heterocycles. The molecule has 0 aliphatic carbocycles. The SMILES string of the molecule is CC(=O)OCC1=C(C(=O)O)N2C(=O)C(NC(=O)[C@H](N)c3ccc4c(c3)CCO4)C2SC1. The topological polar surface area (TPSA) is 148 Å². The Labute approximate surface area is 181 Å². The number of β-lactam (4-membered cyclic amide) rings is 1. The molecule has 0 spiro atoms. The Bertz CT molecular complexity index is 1010. The maximum absolute atomic E-state index is 12.7. The molecule has 0 radical (unpaired) electrons. The molecule has 1 saturated heterocycles. The van der Waals surface area contributed by atoms with E-state index in [0.29, 0.717) is 17.7 Å². The number of carboxylic acid groups (broad SMARTS) is 1. The van der Waals surface area contributed by atoms with Crippen molar-refractivity contribution in [3.63, 3.8) is 0 Å². The van der Waals surface area contributed by atoms with E-state index in [2.05, 4.69) is 5.32 Å². The third-order valence-corrected chi connectivity index (χ3v) is 6.69. The first-order valence-corrected chi connectivity index (χ1v) is 10.7. The molecule has 3 atom stereocenters. The van der Waals surface area contributed by atoms with Crippen molar-refractivity contribution in [2.24, 2.45) is 5.73 Å². The van der Waals surface area contributed by atoms with Crippen LogP contribution >= 0.6 is 11.8 Å². The minimum Gasteiger partial charge on any atom is -0.493 e. The van der Waals surface area contributed by atoms with E-state index in [1.54, 1.807) is 12.1 Å². The van der Waals surface area contributed by atoms with Gasteiger partial charge in [-0.15, -0.1) is 11.8 Å². The number of amides is 2. The minimum atomic E-state index is -1.29. The molecule has 0 aromatic heterocycles. The predicted molar refractivity (Wildman–Crippen MR) is 109 cm³/mol. The van der Waals surface area contributed by atoms with Crippen LogP contribution < -0.4 is 15.8 Å². The average Bonchev–Trinajstić information content (AvgIpc) is 3.22. The van der Waals surface area contributed by atoms with Gasteiger partial charge in [-0.25, -0.2) is 4.79 Å². The lowest BCUT2D eigenvalue weighted by Crippen LogP contribution is -2.71. The molecule has 0 saturated carbocycles. The molecule has 1 fully saturated rings. The third-order valence-electron chi connectivity index (χ3n) is 5.35. The van der Waals surface area contributed by atoms with E-state index in [1.165, 1.54) is 18.7 Å². The quantitative estimate of drug-likeness (QED) is 0.402. The fourth-order valence-electron chi connectivity index (χ4n) is 3.78. The second kappa shape index (κ2) is 8.23. The summed E-state index contributed by atoms with van der Waals surface area (Å²) in [6, 6.07) is 3.45. The number of esters is 1. The Morgan fingerprint density at radius 2 is 2.19 bits per heavy atom.